The number of amides is 1. The molecule has 0 bridgehead atoms. The first-order chi connectivity index (χ1) is 9.90. The van der Waals surface area contributed by atoms with Crippen LogP contribution in [0.1, 0.15) is 23.5 Å². The number of carbonyl (C=O) groups is 1. The van der Waals surface area contributed by atoms with E-state index in [9.17, 15) is 4.79 Å². The molecule has 0 aliphatic rings. The average Bonchev–Trinajstić information content (AvgIpc) is 2.75. The number of anilines is 1. The number of fused-ring (bicyclic) bond motifs is 1. The number of thiophene rings is 1. The minimum absolute atomic E-state index is 0.123. The number of hydrogen-bond donors (Lipinski definition) is 2. The zero-order chi connectivity index (χ0) is 15.6. The first-order valence-electron chi connectivity index (χ1n) is 6.86. The van der Waals surface area contributed by atoms with Gasteiger partial charge in [-0.15, -0.1) is 11.3 Å². The van der Waals surface area contributed by atoms with Gasteiger partial charge in [0.2, 0.25) is 0 Å². The zero-order valence-electron chi connectivity index (χ0n) is 12.4. The number of nitrogen functional groups attached to an aromatic ring is 1. The summed E-state index contributed by atoms with van der Waals surface area (Å²) in [5, 5.41) is 4.45. The van der Waals surface area contributed by atoms with E-state index in [2.05, 4.69) is 24.1 Å². The number of benzene rings is 1. The number of hydrogen-bond acceptors (Lipinski definition) is 4. The summed E-state index contributed by atoms with van der Waals surface area (Å²) in [6.07, 6.45) is 0. The molecule has 21 heavy (non-hydrogen) atoms. The van der Waals surface area contributed by atoms with Crippen molar-refractivity contribution >= 4 is 44.6 Å². The van der Waals surface area contributed by atoms with Crippen LogP contribution in [-0.2, 0) is 0 Å². The first kappa shape index (κ1) is 16.1. The summed E-state index contributed by atoms with van der Waals surface area (Å²) in [6.45, 7) is 5.65. The van der Waals surface area contributed by atoms with Crippen LogP contribution in [0.4, 0.5) is 5.69 Å². The van der Waals surface area contributed by atoms with Crippen LogP contribution >= 0.6 is 22.9 Å². The van der Waals surface area contributed by atoms with Crippen molar-refractivity contribution in [3.8, 4) is 0 Å². The van der Waals surface area contributed by atoms with Crippen LogP contribution in [0.2, 0.25) is 5.02 Å². The molecular formula is C15H20ClN3OS. The van der Waals surface area contributed by atoms with Gasteiger partial charge in [-0.05, 0) is 39.1 Å². The predicted octanol–water partition coefficient (Wildman–Crippen LogP) is 3.21. The minimum Gasteiger partial charge on any atom is -0.397 e. The molecule has 6 heteroatoms. The van der Waals surface area contributed by atoms with Crippen LogP contribution in [0.15, 0.2) is 18.2 Å². The van der Waals surface area contributed by atoms with E-state index in [1.54, 1.807) is 6.07 Å². The quantitative estimate of drug-likeness (QED) is 0.887. The van der Waals surface area contributed by atoms with Crippen LogP contribution in [0.25, 0.3) is 10.1 Å². The molecule has 0 fully saturated rings. The summed E-state index contributed by atoms with van der Waals surface area (Å²) in [7, 11) is 2.03. The second-order valence-electron chi connectivity index (χ2n) is 5.32. The third kappa shape index (κ3) is 3.67. The Balaban J connectivity index is 2.07. The fourth-order valence-electron chi connectivity index (χ4n) is 1.94. The van der Waals surface area contributed by atoms with Gasteiger partial charge in [0.25, 0.3) is 5.91 Å². The van der Waals surface area contributed by atoms with Gasteiger partial charge in [-0.1, -0.05) is 11.6 Å². The number of likely N-dealkylation sites (N-methyl/N-ethyl adjacent to an activating group) is 1. The zero-order valence-corrected chi connectivity index (χ0v) is 14.0. The molecule has 4 nitrogen and oxygen atoms in total. The summed E-state index contributed by atoms with van der Waals surface area (Å²) in [5.74, 6) is -0.123. The molecule has 1 aromatic heterocycles. The lowest BCUT2D eigenvalue weighted by molar-refractivity contribution is 0.0953. The second-order valence-corrected chi connectivity index (χ2v) is 6.80. The van der Waals surface area contributed by atoms with Crippen molar-refractivity contribution in [1.82, 2.24) is 10.2 Å². The Labute approximate surface area is 133 Å². The van der Waals surface area contributed by atoms with E-state index in [0.29, 0.717) is 28.2 Å². The van der Waals surface area contributed by atoms with Crippen molar-refractivity contribution in [2.24, 2.45) is 0 Å². The number of carbonyl (C=O) groups excluding carboxylic acids is 1. The lowest BCUT2D eigenvalue weighted by Crippen LogP contribution is -2.36. The van der Waals surface area contributed by atoms with Crippen molar-refractivity contribution in [2.75, 3.05) is 25.9 Å². The highest BCUT2D eigenvalue weighted by molar-refractivity contribution is 7.21. The number of nitrogens with one attached hydrogen (secondary N) is 1. The molecule has 0 radical (unpaired) electrons. The Hall–Kier alpha value is -1.30. The second kappa shape index (κ2) is 6.64. The summed E-state index contributed by atoms with van der Waals surface area (Å²) < 4.78 is 0.935. The van der Waals surface area contributed by atoms with Crippen LogP contribution < -0.4 is 11.1 Å². The van der Waals surface area contributed by atoms with E-state index < -0.39 is 0 Å². The van der Waals surface area contributed by atoms with Crippen LogP contribution in [0.3, 0.4) is 0 Å². The predicted molar refractivity (Wildman–Crippen MR) is 91.3 cm³/mol. The molecule has 0 spiro atoms. The van der Waals surface area contributed by atoms with Crippen LogP contribution in [0, 0.1) is 0 Å². The maximum absolute atomic E-state index is 12.2. The molecule has 0 saturated heterocycles. The maximum Gasteiger partial charge on any atom is 0.263 e. The average molecular weight is 326 g/mol. The van der Waals surface area contributed by atoms with Gasteiger partial charge in [0.05, 0.1) is 5.69 Å². The topological polar surface area (TPSA) is 58.4 Å². The number of nitrogens with two attached hydrogens (primary N) is 1. The molecule has 2 aromatic rings. The van der Waals surface area contributed by atoms with Gasteiger partial charge in [0.15, 0.2) is 0 Å². The van der Waals surface area contributed by atoms with Gasteiger partial charge in [-0.25, -0.2) is 0 Å². The van der Waals surface area contributed by atoms with Gasteiger partial charge in [0, 0.05) is 34.2 Å². The SMILES string of the molecule is CC(C)N(C)CCNC(=O)c1sc2cc(Cl)ccc2c1N. The van der Waals surface area contributed by atoms with Gasteiger partial charge in [-0.3, -0.25) is 4.79 Å². The Bertz CT molecular complexity index is 654. The lowest BCUT2D eigenvalue weighted by Gasteiger charge is -2.20. The monoisotopic (exact) mass is 325 g/mol. The molecular weight excluding hydrogens is 306 g/mol. The minimum atomic E-state index is -0.123. The number of halogens is 1. The summed E-state index contributed by atoms with van der Waals surface area (Å²) in [5.41, 5.74) is 6.59. The number of rotatable bonds is 5. The van der Waals surface area contributed by atoms with E-state index in [4.69, 9.17) is 17.3 Å². The number of nitrogens with zero attached hydrogens (tertiary/aromatic N) is 1. The molecule has 2 rings (SSSR count). The summed E-state index contributed by atoms with van der Waals surface area (Å²) in [6, 6.07) is 5.93. The first-order valence-corrected chi connectivity index (χ1v) is 8.05. The van der Waals surface area contributed by atoms with Gasteiger partial charge in [-0.2, -0.15) is 0 Å². The Morgan fingerprint density at radius 1 is 1.48 bits per heavy atom. The Kier molecular flexibility index (Phi) is 5.08. The molecule has 0 aliphatic carbocycles. The normalized spacial score (nSPS) is 11.5. The van der Waals surface area contributed by atoms with Gasteiger partial charge < -0.3 is 16.0 Å². The van der Waals surface area contributed by atoms with E-state index >= 15 is 0 Å². The molecule has 1 aromatic carbocycles. The fourth-order valence-corrected chi connectivity index (χ4v) is 3.26. The standard InChI is InChI=1S/C15H20ClN3OS/c1-9(2)19(3)7-6-18-15(20)14-13(17)11-5-4-10(16)8-12(11)21-14/h4-5,8-9H,6-7,17H2,1-3H3,(H,18,20). The highest BCUT2D eigenvalue weighted by atomic mass is 35.5. The van der Waals surface area contributed by atoms with Crippen molar-refractivity contribution < 1.29 is 4.79 Å². The molecule has 1 amide bonds. The molecule has 0 saturated carbocycles. The lowest BCUT2D eigenvalue weighted by atomic mass is 10.2. The van der Waals surface area contributed by atoms with E-state index in [1.807, 2.05) is 19.2 Å². The fraction of sp³-hybridized carbons (Fsp3) is 0.400. The third-order valence-electron chi connectivity index (χ3n) is 3.53. The third-order valence-corrected chi connectivity index (χ3v) is 4.93. The molecule has 0 aliphatic heterocycles. The van der Waals surface area contributed by atoms with Crippen molar-refractivity contribution in [2.45, 2.75) is 19.9 Å². The van der Waals surface area contributed by atoms with Crippen LogP contribution in [0.5, 0.6) is 0 Å². The Morgan fingerprint density at radius 2 is 2.19 bits per heavy atom. The van der Waals surface area contributed by atoms with E-state index in [0.717, 1.165) is 16.6 Å². The van der Waals surface area contributed by atoms with E-state index in [-0.39, 0.29) is 5.91 Å². The smallest absolute Gasteiger partial charge is 0.263 e. The Morgan fingerprint density at radius 3 is 2.86 bits per heavy atom. The molecule has 3 N–H and O–H groups in total. The largest absolute Gasteiger partial charge is 0.397 e. The van der Waals surface area contributed by atoms with Crippen molar-refractivity contribution in [1.29, 1.82) is 0 Å². The van der Waals surface area contributed by atoms with E-state index in [1.165, 1.54) is 11.3 Å². The molecule has 0 atom stereocenters. The van der Waals surface area contributed by atoms with Crippen molar-refractivity contribution in [3.05, 3.63) is 28.1 Å². The summed E-state index contributed by atoms with van der Waals surface area (Å²) >= 11 is 7.34. The molecule has 1 heterocycles. The van der Waals surface area contributed by atoms with Gasteiger partial charge in [0.1, 0.15) is 4.88 Å². The summed E-state index contributed by atoms with van der Waals surface area (Å²) in [4.78, 5) is 15.0. The van der Waals surface area contributed by atoms with Crippen molar-refractivity contribution in [3.63, 3.8) is 0 Å². The molecule has 114 valence electrons. The highest BCUT2D eigenvalue weighted by Crippen LogP contribution is 2.35. The molecule has 0 unspecified atom stereocenters. The van der Waals surface area contributed by atoms with Gasteiger partial charge >= 0.3 is 0 Å². The van der Waals surface area contributed by atoms with Crippen LogP contribution in [-0.4, -0.2) is 37.0 Å². The highest BCUT2D eigenvalue weighted by Gasteiger charge is 2.16. The maximum atomic E-state index is 12.2.